The summed E-state index contributed by atoms with van der Waals surface area (Å²) in [6.45, 7) is 7.11. The van der Waals surface area contributed by atoms with E-state index in [-0.39, 0.29) is 11.5 Å². The van der Waals surface area contributed by atoms with E-state index in [2.05, 4.69) is 19.9 Å². The van der Waals surface area contributed by atoms with Crippen molar-refractivity contribution >= 4 is 6.16 Å². The fourth-order valence-corrected chi connectivity index (χ4v) is 7.30. The Morgan fingerprint density at radius 3 is 2.67 bits per heavy atom. The average molecular weight is 377 g/mol. The Balaban J connectivity index is 1.53. The van der Waals surface area contributed by atoms with Crippen molar-refractivity contribution in [3.05, 3.63) is 11.6 Å². The molecule has 3 fully saturated rings. The lowest BCUT2D eigenvalue weighted by atomic mass is 9.47. The summed E-state index contributed by atoms with van der Waals surface area (Å²) < 4.78 is 16.5. The van der Waals surface area contributed by atoms with Gasteiger partial charge in [0.25, 0.3) is 0 Å². The third kappa shape index (κ3) is 3.03. The van der Waals surface area contributed by atoms with Crippen LogP contribution in [-0.4, -0.2) is 32.1 Å². The molecule has 4 aliphatic carbocycles. The summed E-state index contributed by atoms with van der Waals surface area (Å²) >= 11 is 0. The lowest BCUT2D eigenvalue weighted by Crippen LogP contribution is -2.52. The average Bonchev–Trinajstić information content (AvgIpc) is 2.97. The van der Waals surface area contributed by atoms with Crippen molar-refractivity contribution in [3.63, 3.8) is 0 Å². The van der Waals surface area contributed by atoms with Gasteiger partial charge in [0.15, 0.2) is 0 Å². The molecule has 0 N–H and O–H groups in total. The van der Waals surface area contributed by atoms with Crippen LogP contribution in [0.2, 0.25) is 0 Å². The highest BCUT2D eigenvalue weighted by Crippen LogP contribution is 2.65. The van der Waals surface area contributed by atoms with Crippen LogP contribution in [0.15, 0.2) is 11.6 Å². The third-order valence-electron chi connectivity index (χ3n) is 8.79. The maximum Gasteiger partial charge on any atom is 0.508 e. The van der Waals surface area contributed by atoms with Gasteiger partial charge in [-0.1, -0.05) is 25.5 Å². The normalized spacial score (nSPS) is 45.9. The van der Waals surface area contributed by atoms with Gasteiger partial charge in [0, 0.05) is 12.5 Å². The molecule has 3 saturated carbocycles. The first kappa shape index (κ1) is 19.3. The number of fused-ring (bicyclic) bond motifs is 5. The maximum atomic E-state index is 11.9. The van der Waals surface area contributed by atoms with Crippen LogP contribution in [0.1, 0.15) is 72.1 Å². The van der Waals surface area contributed by atoms with Gasteiger partial charge in [0.1, 0.15) is 6.10 Å². The highest BCUT2D eigenvalue weighted by Gasteiger charge is 2.60. The van der Waals surface area contributed by atoms with E-state index >= 15 is 0 Å². The van der Waals surface area contributed by atoms with Crippen molar-refractivity contribution < 1.29 is 19.0 Å². The van der Waals surface area contributed by atoms with E-state index in [1.54, 1.807) is 5.57 Å². The first-order valence-corrected chi connectivity index (χ1v) is 11.0. The highest BCUT2D eigenvalue weighted by molar-refractivity contribution is 5.60. The predicted octanol–water partition coefficient (Wildman–Crippen LogP) is 5.51. The van der Waals surface area contributed by atoms with Crippen molar-refractivity contribution in [2.75, 3.05) is 13.7 Å². The Labute approximate surface area is 164 Å². The van der Waals surface area contributed by atoms with Crippen LogP contribution in [0, 0.1) is 28.6 Å². The molecule has 0 aromatic heterocycles. The quantitative estimate of drug-likeness (QED) is 0.481. The SMILES string of the molecule is CCOC(=O)O[C@H]1CC[C@H]2[C@@H]3CCC4=C[C@@H](OC)CC[C@]4(C)[C@H]3CC[C@]12C. The van der Waals surface area contributed by atoms with E-state index in [1.165, 1.54) is 38.5 Å². The zero-order valence-corrected chi connectivity index (χ0v) is 17.5. The molecule has 0 bridgehead atoms. The van der Waals surface area contributed by atoms with Crippen molar-refractivity contribution in [2.45, 2.75) is 84.3 Å². The van der Waals surface area contributed by atoms with Gasteiger partial charge in [0.2, 0.25) is 0 Å². The molecular formula is C23H36O4. The minimum atomic E-state index is -0.481. The minimum Gasteiger partial charge on any atom is -0.435 e. The van der Waals surface area contributed by atoms with Crippen LogP contribution >= 0.6 is 0 Å². The standard InChI is InChI=1S/C23H36O4/c1-5-26-21(24)27-20-9-8-18-17-7-6-15-14-16(25-4)10-12-22(15,2)19(17)11-13-23(18,20)3/h14,16-20H,5-13H2,1-4H3/t16-,17-,18-,19-,20-,22-,23-/m0/s1. The Morgan fingerprint density at radius 2 is 1.93 bits per heavy atom. The zero-order valence-electron chi connectivity index (χ0n) is 17.5. The van der Waals surface area contributed by atoms with Gasteiger partial charge < -0.3 is 14.2 Å². The van der Waals surface area contributed by atoms with Crippen LogP contribution in [0.4, 0.5) is 4.79 Å². The Morgan fingerprint density at radius 1 is 1.11 bits per heavy atom. The maximum absolute atomic E-state index is 11.9. The second-order valence-corrected chi connectivity index (χ2v) is 9.75. The summed E-state index contributed by atoms with van der Waals surface area (Å²) in [5.74, 6) is 2.21. The highest BCUT2D eigenvalue weighted by atomic mass is 16.7. The Kier molecular flexibility index (Phi) is 5.07. The number of rotatable bonds is 3. The molecule has 0 radical (unpaired) electrons. The lowest BCUT2D eigenvalue weighted by molar-refractivity contribution is -0.0887. The molecular weight excluding hydrogens is 340 g/mol. The molecule has 0 aromatic rings. The van der Waals surface area contributed by atoms with Gasteiger partial charge in [-0.05, 0) is 81.5 Å². The molecule has 4 heteroatoms. The van der Waals surface area contributed by atoms with Gasteiger partial charge in [-0.15, -0.1) is 0 Å². The molecule has 0 aliphatic heterocycles. The van der Waals surface area contributed by atoms with E-state index in [0.717, 1.165) is 24.7 Å². The number of methoxy groups -OCH3 is 1. The van der Waals surface area contributed by atoms with Gasteiger partial charge >= 0.3 is 6.16 Å². The van der Waals surface area contributed by atoms with Crippen molar-refractivity contribution in [1.82, 2.24) is 0 Å². The lowest BCUT2D eigenvalue weighted by Gasteiger charge is -2.58. The van der Waals surface area contributed by atoms with Crippen molar-refractivity contribution in [1.29, 1.82) is 0 Å². The summed E-state index contributed by atoms with van der Waals surface area (Å²) in [7, 11) is 1.84. The van der Waals surface area contributed by atoms with Crippen molar-refractivity contribution in [3.8, 4) is 0 Å². The number of carbonyl (C=O) groups is 1. The molecule has 0 saturated heterocycles. The van der Waals surface area contributed by atoms with E-state index in [9.17, 15) is 4.79 Å². The fraction of sp³-hybridized carbons (Fsp3) is 0.870. The number of hydrogen-bond donors (Lipinski definition) is 0. The van der Waals surface area contributed by atoms with Gasteiger partial charge in [-0.3, -0.25) is 0 Å². The second kappa shape index (κ2) is 7.09. The molecule has 0 unspecified atom stereocenters. The van der Waals surface area contributed by atoms with Crippen LogP contribution in [0.3, 0.4) is 0 Å². The Bertz CT molecular complexity index is 613. The van der Waals surface area contributed by atoms with Crippen LogP contribution < -0.4 is 0 Å². The molecule has 152 valence electrons. The zero-order chi connectivity index (χ0) is 19.2. The molecule has 0 spiro atoms. The van der Waals surface area contributed by atoms with Gasteiger partial charge in [0.05, 0.1) is 12.7 Å². The van der Waals surface area contributed by atoms with E-state index < -0.39 is 6.16 Å². The van der Waals surface area contributed by atoms with Crippen LogP contribution in [-0.2, 0) is 14.2 Å². The third-order valence-corrected chi connectivity index (χ3v) is 8.79. The Hall–Kier alpha value is -1.03. The van der Waals surface area contributed by atoms with E-state index in [0.29, 0.717) is 24.0 Å². The molecule has 7 atom stereocenters. The summed E-state index contributed by atoms with van der Waals surface area (Å²) in [6, 6.07) is 0. The van der Waals surface area contributed by atoms with E-state index in [1.807, 2.05) is 14.0 Å². The smallest absolute Gasteiger partial charge is 0.435 e. The topological polar surface area (TPSA) is 44.8 Å². The first-order chi connectivity index (χ1) is 12.9. The molecule has 0 aromatic carbocycles. The second-order valence-electron chi connectivity index (χ2n) is 9.75. The molecule has 4 nitrogen and oxygen atoms in total. The van der Waals surface area contributed by atoms with Crippen LogP contribution in [0.25, 0.3) is 0 Å². The summed E-state index contributed by atoms with van der Waals surface area (Å²) in [5, 5.41) is 0. The fourth-order valence-electron chi connectivity index (χ4n) is 7.30. The molecule has 4 aliphatic rings. The van der Waals surface area contributed by atoms with Crippen molar-refractivity contribution in [2.24, 2.45) is 28.6 Å². The van der Waals surface area contributed by atoms with Gasteiger partial charge in [-0.2, -0.15) is 0 Å². The largest absolute Gasteiger partial charge is 0.508 e. The number of allylic oxidation sites excluding steroid dienone is 1. The summed E-state index contributed by atoms with van der Waals surface area (Å²) in [5.41, 5.74) is 2.12. The van der Waals surface area contributed by atoms with Crippen LogP contribution in [0.5, 0.6) is 0 Å². The molecule has 0 amide bonds. The molecule has 0 heterocycles. The number of ether oxygens (including phenoxy) is 3. The molecule has 4 rings (SSSR count). The van der Waals surface area contributed by atoms with E-state index in [4.69, 9.17) is 14.2 Å². The van der Waals surface area contributed by atoms with Gasteiger partial charge in [-0.25, -0.2) is 4.79 Å². The number of carbonyl (C=O) groups excluding carboxylic acids is 1. The molecule has 27 heavy (non-hydrogen) atoms. The minimum absolute atomic E-state index is 0.0245. The summed E-state index contributed by atoms with van der Waals surface area (Å²) in [4.78, 5) is 11.9. The first-order valence-electron chi connectivity index (χ1n) is 11.0. The monoisotopic (exact) mass is 376 g/mol. The number of hydrogen-bond acceptors (Lipinski definition) is 4. The summed E-state index contributed by atoms with van der Waals surface area (Å²) in [6.07, 6.45) is 11.8. The predicted molar refractivity (Wildman–Crippen MR) is 104 cm³/mol.